The van der Waals surface area contributed by atoms with Crippen LogP contribution in [0.25, 0.3) is 0 Å². The largest absolute Gasteiger partial charge is 0.494 e. The van der Waals surface area contributed by atoms with Gasteiger partial charge in [-0.3, -0.25) is 0 Å². The lowest BCUT2D eigenvalue weighted by molar-refractivity contribution is -0.138. The van der Waals surface area contributed by atoms with Crippen molar-refractivity contribution in [3.63, 3.8) is 0 Å². The van der Waals surface area contributed by atoms with Crippen LogP contribution in [-0.4, -0.2) is 64.2 Å². The summed E-state index contributed by atoms with van der Waals surface area (Å²) in [6, 6.07) is 19.2. The summed E-state index contributed by atoms with van der Waals surface area (Å²) < 4.78 is 37.8. The summed E-state index contributed by atoms with van der Waals surface area (Å²) in [6.45, 7) is 8.97. The quantitative estimate of drug-likeness (QED) is 0.0667. The van der Waals surface area contributed by atoms with E-state index in [4.69, 9.17) is 33.2 Å². The smallest absolute Gasteiger partial charge is 0.343 e. The van der Waals surface area contributed by atoms with Crippen LogP contribution in [-0.2, 0) is 19.0 Å². The molecule has 0 unspecified atom stereocenters. The first-order valence-corrected chi connectivity index (χ1v) is 14.7. The van der Waals surface area contributed by atoms with Crippen molar-refractivity contribution in [1.29, 1.82) is 0 Å². The Labute approximate surface area is 268 Å². The van der Waals surface area contributed by atoms with Crippen LogP contribution in [0, 0.1) is 17.3 Å². The highest BCUT2D eigenvalue weighted by molar-refractivity contribution is 5.92. The maximum absolute atomic E-state index is 12.6. The van der Waals surface area contributed by atoms with Gasteiger partial charge in [0.2, 0.25) is 0 Å². The number of hydrogen-bond acceptors (Lipinski definition) is 10. The first-order chi connectivity index (χ1) is 22.3. The summed E-state index contributed by atoms with van der Waals surface area (Å²) in [5, 5.41) is 0. The molecule has 1 aliphatic heterocycles. The van der Waals surface area contributed by atoms with Crippen LogP contribution in [0.5, 0.6) is 23.0 Å². The molecule has 0 atom stereocenters. The SMILES string of the molecule is C=CC(=O)OCC#CCOc1ccc(C(=O)Oc2ccc(OC(=O)c3ccc(OCCCCOCC4(C)COC4)cc3)cc2)cc1. The van der Waals surface area contributed by atoms with E-state index >= 15 is 0 Å². The molecule has 0 N–H and O–H groups in total. The fourth-order valence-electron chi connectivity index (χ4n) is 4.02. The van der Waals surface area contributed by atoms with Gasteiger partial charge in [0.05, 0.1) is 37.6 Å². The molecule has 1 saturated heterocycles. The molecule has 3 aromatic carbocycles. The van der Waals surface area contributed by atoms with E-state index in [-0.39, 0.29) is 24.4 Å². The van der Waals surface area contributed by atoms with Crippen molar-refractivity contribution in [3.05, 3.63) is 96.6 Å². The number of ether oxygens (including phenoxy) is 7. The van der Waals surface area contributed by atoms with Gasteiger partial charge in [-0.25, -0.2) is 14.4 Å². The van der Waals surface area contributed by atoms with Crippen LogP contribution in [0.3, 0.4) is 0 Å². The zero-order valence-corrected chi connectivity index (χ0v) is 25.7. The second-order valence-corrected chi connectivity index (χ2v) is 10.7. The Morgan fingerprint density at radius 1 is 0.739 bits per heavy atom. The predicted molar refractivity (Wildman–Crippen MR) is 168 cm³/mol. The van der Waals surface area contributed by atoms with Crippen molar-refractivity contribution in [3.8, 4) is 34.8 Å². The molecule has 0 amide bonds. The van der Waals surface area contributed by atoms with Crippen molar-refractivity contribution in [2.45, 2.75) is 19.8 Å². The van der Waals surface area contributed by atoms with Crippen LogP contribution in [0.4, 0.5) is 0 Å². The van der Waals surface area contributed by atoms with Crippen molar-refractivity contribution < 1.29 is 47.5 Å². The molecule has 0 aliphatic carbocycles. The Balaban J connectivity index is 1.13. The number of esters is 3. The monoisotopic (exact) mass is 628 g/mol. The van der Waals surface area contributed by atoms with E-state index in [0.717, 1.165) is 38.7 Å². The van der Waals surface area contributed by atoms with Crippen molar-refractivity contribution in [2.75, 3.05) is 46.2 Å². The highest BCUT2D eigenvalue weighted by Gasteiger charge is 2.33. The summed E-state index contributed by atoms with van der Waals surface area (Å²) in [4.78, 5) is 36.1. The van der Waals surface area contributed by atoms with E-state index < -0.39 is 17.9 Å². The third-order valence-electron chi connectivity index (χ3n) is 6.62. The molecule has 0 spiro atoms. The number of benzene rings is 3. The van der Waals surface area contributed by atoms with Gasteiger partial charge in [0.25, 0.3) is 0 Å². The Kier molecular flexibility index (Phi) is 12.8. The highest BCUT2D eigenvalue weighted by atomic mass is 16.5. The molecular formula is C36H36O10. The number of unbranched alkanes of at least 4 members (excludes halogenated alkanes) is 1. The molecule has 240 valence electrons. The average Bonchev–Trinajstić information content (AvgIpc) is 3.06. The van der Waals surface area contributed by atoms with Crippen molar-refractivity contribution >= 4 is 17.9 Å². The molecule has 10 heteroatoms. The summed E-state index contributed by atoms with van der Waals surface area (Å²) in [6.07, 6.45) is 2.82. The van der Waals surface area contributed by atoms with Crippen LogP contribution in [0.15, 0.2) is 85.5 Å². The number of rotatable bonds is 16. The zero-order chi connectivity index (χ0) is 32.6. The fourth-order valence-corrected chi connectivity index (χ4v) is 4.02. The Hall–Kier alpha value is -5.11. The molecule has 0 bridgehead atoms. The number of carbonyl (C=O) groups excluding carboxylic acids is 3. The topological polar surface area (TPSA) is 116 Å². The summed E-state index contributed by atoms with van der Waals surface area (Å²) >= 11 is 0. The molecule has 1 heterocycles. The van der Waals surface area contributed by atoms with Crippen LogP contribution >= 0.6 is 0 Å². The molecule has 0 saturated carbocycles. The predicted octanol–water partition coefficient (Wildman–Crippen LogP) is 5.45. The second kappa shape index (κ2) is 17.4. The van der Waals surface area contributed by atoms with Gasteiger partial charge in [-0.15, -0.1) is 0 Å². The normalized spacial score (nSPS) is 12.8. The Morgan fingerprint density at radius 3 is 1.76 bits per heavy atom. The van der Waals surface area contributed by atoms with Crippen LogP contribution in [0.1, 0.15) is 40.5 Å². The van der Waals surface area contributed by atoms with Crippen LogP contribution in [0.2, 0.25) is 0 Å². The fraction of sp³-hybridized carbons (Fsp3) is 0.306. The van der Waals surface area contributed by atoms with Gasteiger partial charge in [0.15, 0.2) is 6.61 Å². The lowest BCUT2D eigenvalue weighted by Crippen LogP contribution is -2.43. The highest BCUT2D eigenvalue weighted by Crippen LogP contribution is 2.26. The first-order valence-electron chi connectivity index (χ1n) is 14.7. The molecule has 10 nitrogen and oxygen atoms in total. The molecular weight excluding hydrogens is 592 g/mol. The maximum Gasteiger partial charge on any atom is 0.343 e. The lowest BCUT2D eigenvalue weighted by atomic mass is 9.90. The minimum atomic E-state index is -0.565. The Morgan fingerprint density at radius 2 is 1.24 bits per heavy atom. The third kappa shape index (κ3) is 11.1. The third-order valence-corrected chi connectivity index (χ3v) is 6.62. The van der Waals surface area contributed by atoms with Gasteiger partial charge < -0.3 is 33.2 Å². The molecule has 1 fully saturated rings. The van der Waals surface area contributed by atoms with Gasteiger partial charge in [0.1, 0.15) is 29.6 Å². The first kappa shape index (κ1) is 33.8. The van der Waals surface area contributed by atoms with E-state index in [2.05, 4.69) is 25.3 Å². The Bertz CT molecular complexity index is 1510. The van der Waals surface area contributed by atoms with Gasteiger partial charge in [-0.1, -0.05) is 25.3 Å². The molecule has 3 aromatic rings. The van der Waals surface area contributed by atoms with E-state index in [1.54, 1.807) is 60.7 Å². The van der Waals surface area contributed by atoms with Gasteiger partial charge in [0, 0.05) is 18.1 Å². The molecule has 1 aliphatic rings. The molecule has 46 heavy (non-hydrogen) atoms. The van der Waals surface area contributed by atoms with Crippen LogP contribution < -0.4 is 18.9 Å². The molecule has 0 aromatic heterocycles. The van der Waals surface area contributed by atoms with E-state index in [9.17, 15) is 14.4 Å². The summed E-state index contributed by atoms with van der Waals surface area (Å²) in [7, 11) is 0. The maximum atomic E-state index is 12.6. The standard InChI is InChI=1S/C36H36O10/c1-3-33(37)44-23-7-6-22-43-30-14-10-28(11-15-30)35(39)46-32-18-16-31(17-19-32)45-34(38)27-8-12-29(13-9-27)42-21-5-4-20-40-24-36(2)25-41-26-36/h3,8-19H,1,4-5,20-26H2,2H3. The van der Waals surface area contributed by atoms with E-state index in [1.807, 2.05) is 0 Å². The average molecular weight is 629 g/mol. The van der Waals surface area contributed by atoms with Gasteiger partial charge in [-0.2, -0.15) is 0 Å². The molecule has 4 rings (SSSR count). The lowest BCUT2D eigenvalue weighted by Gasteiger charge is -2.37. The summed E-state index contributed by atoms with van der Waals surface area (Å²) in [5.74, 6) is 5.47. The minimum Gasteiger partial charge on any atom is -0.494 e. The second-order valence-electron chi connectivity index (χ2n) is 10.7. The van der Waals surface area contributed by atoms with E-state index in [0.29, 0.717) is 41.6 Å². The van der Waals surface area contributed by atoms with E-state index in [1.165, 1.54) is 12.1 Å². The van der Waals surface area contributed by atoms with Gasteiger partial charge in [-0.05, 0) is 85.6 Å². The number of hydrogen-bond donors (Lipinski definition) is 0. The van der Waals surface area contributed by atoms with Crippen molar-refractivity contribution in [1.82, 2.24) is 0 Å². The number of carbonyl (C=O) groups is 3. The van der Waals surface area contributed by atoms with Crippen molar-refractivity contribution in [2.24, 2.45) is 5.41 Å². The summed E-state index contributed by atoms with van der Waals surface area (Å²) in [5.41, 5.74) is 0.852. The minimum absolute atomic E-state index is 0.0547. The molecule has 0 radical (unpaired) electrons. The van der Waals surface area contributed by atoms with Gasteiger partial charge >= 0.3 is 17.9 Å². The zero-order valence-electron chi connectivity index (χ0n) is 25.7.